The van der Waals surface area contributed by atoms with Crippen LogP contribution in [0.15, 0.2) is 51.6 Å². The van der Waals surface area contributed by atoms with E-state index in [4.69, 9.17) is 21.3 Å². The van der Waals surface area contributed by atoms with Gasteiger partial charge in [0.05, 0.1) is 21.8 Å². The van der Waals surface area contributed by atoms with Gasteiger partial charge in [0, 0.05) is 5.02 Å². The molecule has 24 heavy (non-hydrogen) atoms. The number of nitrogens with zero attached hydrogens (tertiary/aromatic N) is 2. The van der Waals surface area contributed by atoms with Gasteiger partial charge in [0.15, 0.2) is 0 Å². The number of carbonyl (C=O) groups is 1. The van der Waals surface area contributed by atoms with Gasteiger partial charge in [-0.05, 0) is 48.9 Å². The zero-order valence-electron chi connectivity index (χ0n) is 12.3. The molecule has 2 aromatic rings. The summed E-state index contributed by atoms with van der Waals surface area (Å²) in [7, 11) is -4.51. The fourth-order valence-corrected chi connectivity index (χ4v) is 2.56. The van der Waals surface area contributed by atoms with E-state index in [1.807, 2.05) is 0 Å². The minimum Gasteiger partial charge on any atom is -0.478 e. The van der Waals surface area contributed by atoms with Gasteiger partial charge < -0.3 is 5.11 Å². The maximum absolute atomic E-state index is 11.2. The monoisotopic (exact) mass is 369 g/mol. The Balaban J connectivity index is 2.29. The summed E-state index contributed by atoms with van der Waals surface area (Å²) < 4.78 is 31.1. The number of nitrogens with one attached hydrogen (secondary N) is 1. The lowest BCUT2D eigenvalue weighted by Crippen LogP contribution is -2.06. The zero-order chi connectivity index (χ0) is 17.9. The molecule has 2 rings (SSSR count). The number of halogens is 1. The number of rotatable bonds is 5. The van der Waals surface area contributed by atoms with Crippen molar-refractivity contribution < 1.29 is 22.9 Å². The summed E-state index contributed by atoms with van der Waals surface area (Å²) in [4.78, 5) is 10.7. The van der Waals surface area contributed by atoms with E-state index in [9.17, 15) is 13.2 Å². The van der Waals surface area contributed by atoms with E-state index < -0.39 is 21.0 Å². The van der Waals surface area contributed by atoms with Crippen LogP contribution in [-0.4, -0.2) is 24.0 Å². The van der Waals surface area contributed by atoms with Crippen molar-refractivity contribution in [2.75, 3.05) is 5.43 Å². The molecule has 0 aliphatic rings. The Kier molecular flexibility index (Phi) is 5.17. The van der Waals surface area contributed by atoms with Gasteiger partial charge >= 0.3 is 5.97 Å². The van der Waals surface area contributed by atoms with E-state index in [0.717, 1.165) is 17.7 Å². The van der Waals surface area contributed by atoms with Crippen molar-refractivity contribution in [2.24, 2.45) is 10.3 Å². The molecule has 2 aromatic carbocycles. The van der Waals surface area contributed by atoms with Gasteiger partial charge in [-0.1, -0.05) is 16.8 Å². The molecule has 0 heterocycles. The summed E-state index contributed by atoms with van der Waals surface area (Å²) in [6, 6.07) is 8.00. The van der Waals surface area contributed by atoms with E-state index in [2.05, 4.69) is 15.8 Å². The first kappa shape index (κ1) is 17.9. The van der Waals surface area contributed by atoms with Crippen LogP contribution in [0, 0.1) is 6.92 Å². The van der Waals surface area contributed by atoms with E-state index in [1.54, 1.807) is 25.1 Å². The number of anilines is 1. The second kappa shape index (κ2) is 6.95. The van der Waals surface area contributed by atoms with E-state index >= 15 is 0 Å². The SMILES string of the molecule is Cc1cc(Cl)ccc1N=NNc1ccc(S(=O)(=O)O)cc1C(=O)O. The lowest BCUT2D eigenvalue weighted by atomic mass is 10.2. The highest BCUT2D eigenvalue weighted by Gasteiger charge is 2.16. The molecule has 3 N–H and O–H groups in total. The highest BCUT2D eigenvalue weighted by molar-refractivity contribution is 7.85. The molecule has 126 valence electrons. The van der Waals surface area contributed by atoms with Crippen molar-refractivity contribution in [2.45, 2.75) is 11.8 Å². The molecular formula is C14H12ClN3O5S. The Hall–Kier alpha value is -2.49. The van der Waals surface area contributed by atoms with Crippen LogP contribution in [-0.2, 0) is 10.1 Å². The van der Waals surface area contributed by atoms with Crippen LogP contribution >= 0.6 is 11.6 Å². The second-order valence-electron chi connectivity index (χ2n) is 4.73. The molecule has 10 heteroatoms. The summed E-state index contributed by atoms with van der Waals surface area (Å²) in [5, 5.41) is 17.3. The van der Waals surface area contributed by atoms with Crippen LogP contribution in [0.1, 0.15) is 15.9 Å². The van der Waals surface area contributed by atoms with Gasteiger partial charge in [-0.2, -0.15) is 8.42 Å². The smallest absolute Gasteiger partial charge is 0.337 e. The van der Waals surface area contributed by atoms with Crippen molar-refractivity contribution in [3.05, 3.63) is 52.5 Å². The standard InChI is InChI=1S/C14H12ClN3O5S/c1-8-6-9(15)2-4-12(8)16-18-17-13-5-3-10(24(21,22)23)7-11(13)14(19)20/h2-7H,1H3,(H,16,17)(H,19,20)(H,21,22,23). The fourth-order valence-electron chi connectivity index (χ4n) is 1.82. The number of carboxylic acid groups (broad SMARTS) is 1. The number of hydrogen-bond acceptors (Lipinski definition) is 5. The highest BCUT2D eigenvalue weighted by atomic mass is 35.5. The molecule has 0 spiro atoms. The summed E-state index contributed by atoms with van der Waals surface area (Å²) in [6.07, 6.45) is 0. The van der Waals surface area contributed by atoms with Crippen LogP contribution < -0.4 is 5.43 Å². The zero-order valence-corrected chi connectivity index (χ0v) is 13.8. The third kappa shape index (κ3) is 4.28. The number of benzene rings is 2. The van der Waals surface area contributed by atoms with Gasteiger partial charge in [-0.25, -0.2) is 4.79 Å². The van der Waals surface area contributed by atoms with Gasteiger partial charge in [0.2, 0.25) is 0 Å². The van der Waals surface area contributed by atoms with Crippen molar-refractivity contribution in [3.63, 3.8) is 0 Å². The number of carboxylic acids is 1. The predicted molar refractivity (Wildman–Crippen MR) is 87.5 cm³/mol. The molecule has 0 bridgehead atoms. The maximum atomic E-state index is 11.2. The van der Waals surface area contributed by atoms with Gasteiger partial charge in [0.25, 0.3) is 10.1 Å². The quantitative estimate of drug-likeness (QED) is 0.418. The Morgan fingerprint density at radius 1 is 1.21 bits per heavy atom. The predicted octanol–water partition coefficient (Wildman–Crippen LogP) is 3.70. The van der Waals surface area contributed by atoms with Crippen molar-refractivity contribution >= 4 is 39.1 Å². The van der Waals surface area contributed by atoms with Crippen molar-refractivity contribution in [1.29, 1.82) is 0 Å². The van der Waals surface area contributed by atoms with Gasteiger partial charge in [-0.15, -0.1) is 5.11 Å². The Bertz CT molecular complexity index is 928. The highest BCUT2D eigenvalue weighted by Crippen LogP contribution is 2.24. The lowest BCUT2D eigenvalue weighted by Gasteiger charge is -2.06. The second-order valence-corrected chi connectivity index (χ2v) is 6.59. The van der Waals surface area contributed by atoms with Gasteiger partial charge in [0.1, 0.15) is 0 Å². The van der Waals surface area contributed by atoms with Crippen LogP contribution in [0.2, 0.25) is 5.02 Å². The Morgan fingerprint density at radius 2 is 1.92 bits per heavy atom. The first-order valence-electron chi connectivity index (χ1n) is 6.46. The minimum atomic E-state index is -4.51. The van der Waals surface area contributed by atoms with E-state index in [-0.39, 0.29) is 11.3 Å². The third-order valence-electron chi connectivity index (χ3n) is 3.01. The van der Waals surface area contributed by atoms with Crippen molar-refractivity contribution in [1.82, 2.24) is 0 Å². The molecule has 0 unspecified atom stereocenters. The number of aryl methyl sites for hydroxylation is 1. The van der Waals surface area contributed by atoms with Crippen molar-refractivity contribution in [3.8, 4) is 0 Å². The summed E-state index contributed by atoms with van der Waals surface area (Å²) in [5.41, 5.74) is 3.37. The Morgan fingerprint density at radius 3 is 2.50 bits per heavy atom. The van der Waals surface area contributed by atoms with Crippen LogP contribution in [0.25, 0.3) is 0 Å². The number of hydrogen-bond donors (Lipinski definition) is 3. The van der Waals surface area contributed by atoms with Crippen LogP contribution in [0.5, 0.6) is 0 Å². The molecular weight excluding hydrogens is 358 g/mol. The normalized spacial score (nSPS) is 11.6. The average molecular weight is 370 g/mol. The average Bonchev–Trinajstić information content (AvgIpc) is 2.48. The maximum Gasteiger partial charge on any atom is 0.337 e. The largest absolute Gasteiger partial charge is 0.478 e. The first-order chi connectivity index (χ1) is 11.2. The van der Waals surface area contributed by atoms with Gasteiger partial charge in [-0.3, -0.25) is 9.98 Å². The van der Waals surface area contributed by atoms with E-state index in [0.29, 0.717) is 10.7 Å². The topological polar surface area (TPSA) is 128 Å². The fraction of sp³-hybridized carbons (Fsp3) is 0.0714. The first-order valence-corrected chi connectivity index (χ1v) is 8.28. The Labute approximate surface area is 142 Å². The molecule has 0 amide bonds. The molecule has 8 nitrogen and oxygen atoms in total. The van der Waals surface area contributed by atoms with E-state index in [1.165, 1.54) is 6.07 Å². The summed E-state index contributed by atoms with van der Waals surface area (Å²) in [6.45, 7) is 1.78. The molecule has 0 aliphatic heterocycles. The lowest BCUT2D eigenvalue weighted by molar-refractivity contribution is 0.0697. The summed E-state index contributed by atoms with van der Waals surface area (Å²) in [5.74, 6) is -1.39. The molecule has 0 saturated heterocycles. The number of aromatic carboxylic acids is 1. The molecule has 0 fully saturated rings. The third-order valence-corrected chi connectivity index (χ3v) is 4.09. The minimum absolute atomic E-state index is 0.0188. The molecule has 0 saturated carbocycles. The molecule has 0 aromatic heterocycles. The van der Waals surface area contributed by atoms with Crippen LogP contribution in [0.3, 0.4) is 0 Å². The van der Waals surface area contributed by atoms with Crippen LogP contribution in [0.4, 0.5) is 11.4 Å². The molecule has 0 atom stereocenters. The summed E-state index contributed by atoms with van der Waals surface area (Å²) >= 11 is 5.83. The molecule has 0 radical (unpaired) electrons. The molecule has 0 aliphatic carbocycles.